The molecule has 5 aromatic carbocycles. The molecule has 1 aromatic heterocycles. The summed E-state index contributed by atoms with van der Waals surface area (Å²) in [7, 11) is -0.389. The predicted molar refractivity (Wildman–Crippen MR) is 175 cm³/mol. The molecule has 0 spiro atoms. The van der Waals surface area contributed by atoms with Gasteiger partial charge in [-0.2, -0.15) is 0 Å². The zero-order valence-electron chi connectivity index (χ0n) is 24.8. The molecule has 7 rings (SSSR count). The van der Waals surface area contributed by atoms with Crippen LogP contribution < -0.4 is 5.46 Å². The van der Waals surface area contributed by atoms with Gasteiger partial charge >= 0.3 is 7.12 Å². The molecule has 1 aliphatic rings. The minimum absolute atomic E-state index is 0.377. The molecule has 1 fully saturated rings. The molecule has 0 bridgehead atoms. The van der Waals surface area contributed by atoms with Crippen LogP contribution in [0.15, 0.2) is 121 Å². The van der Waals surface area contributed by atoms with Gasteiger partial charge in [-0.1, -0.05) is 115 Å². The highest BCUT2D eigenvalue weighted by Gasteiger charge is 2.51. The lowest BCUT2D eigenvalue weighted by Gasteiger charge is -2.32. The van der Waals surface area contributed by atoms with Gasteiger partial charge < -0.3 is 9.31 Å². The highest BCUT2D eigenvalue weighted by atomic mass is 16.7. The maximum atomic E-state index is 6.27. The number of aromatic nitrogens is 3. The minimum atomic E-state index is -0.389. The Labute approximate surface area is 252 Å². The summed E-state index contributed by atoms with van der Waals surface area (Å²) >= 11 is 0. The maximum absolute atomic E-state index is 6.27. The first-order valence-corrected chi connectivity index (χ1v) is 14.6. The first-order valence-electron chi connectivity index (χ1n) is 14.6. The van der Waals surface area contributed by atoms with Crippen LogP contribution in [0.5, 0.6) is 0 Å². The molecule has 0 radical (unpaired) electrons. The fraction of sp³-hybridized carbons (Fsp3) is 0.162. The number of fused-ring (bicyclic) bond motifs is 1. The summed E-state index contributed by atoms with van der Waals surface area (Å²) in [6.45, 7) is 8.31. The van der Waals surface area contributed by atoms with Crippen LogP contribution in [0.1, 0.15) is 27.7 Å². The lowest BCUT2D eigenvalue weighted by atomic mass is 9.78. The number of nitrogens with zero attached hydrogens (tertiary/aromatic N) is 3. The monoisotopic (exact) mass is 561 g/mol. The number of hydrogen-bond donors (Lipinski definition) is 0. The SMILES string of the molecule is CC1(C)OB(c2ccc(-c3ccc(-c4nc(-c5ccccc5)nc(-c5ccccc5)n4)c4ccccc34)cc2)OC1(C)C. The van der Waals surface area contributed by atoms with E-state index in [9.17, 15) is 0 Å². The van der Waals surface area contributed by atoms with E-state index in [1.807, 2.05) is 60.7 Å². The largest absolute Gasteiger partial charge is 0.494 e. The van der Waals surface area contributed by atoms with Crippen molar-refractivity contribution in [2.75, 3.05) is 0 Å². The Hall–Kier alpha value is -4.65. The molecule has 0 atom stereocenters. The van der Waals surface area contributed by atoms with Crippen molar-refractivity contribution in [3.63, 3.8) is 0 Å². The fourth-order valence-corrected chi connectivity index (χ4v) is 5.47. The quantitative estimate of drug-likeness (QED) is 0.200. The molecule has 0 unspecified atom stereocenters. The summed E-state index contributed by atoms with van der Waals surface area (Å²) in [6.07, 6.45) is 0. The van der Waals surface area contributed by atoms with Crippen LogP contribution >= 0.6 is 0 Å². The van der Waals surface area contributed by atoms with Gasteiger partial charge in [-0.15, -0.1) is 0 Å². The van der Waals surface area contributed by atoms with Crippen LogP contribution in [0.3, 0.4) is 0 Å². The van der Waals surface area contributed by atoms with Gasteiger partial charge in [-0.25, -0.2) is 15.0 Å². The standard InChI is InChI=1S/C37H32BN3O2/c1-36(2)37(3,4)43-38(42-36)28-21-19-25(20-22-28)29-23-24-32(31-18-12-11-17-30(29)31)35-40-33(26-13-7-5-8-14-26)39-34(41-35)27-15-9-6-10-16-27/h5-24H,1-4H3. The summed E-state index contributed by atoms with van der Waals surface area (Å²) in [5.41, 5.74) is 5.38. The average molecular weight is 561 g/mol. The topological polar surface area (TPSA) is 57.1 Å². The third-order valence-corrected chi connectivity index (χ3v) is 8.61. The van der Waals surface area contributed by atoms with Crippen molar-refractivity contribution in [1.82, 2.24) is 15.0 Å². The Morgan fingerprint density at radius 3 is 1.42 bits per heavy atom. The first-order chi connectivity index (χ1) is 20.8. The normalized spacial score (nSPS) is 15.6. The van der Waals surface area contributed by atoms with Crippen molar-refractivity contribution in [3.8, 4) is 45.3 Å². The van der Waals surface area contributed by atoms with Crippen molar-refractivity contribution < 1.29 is 9.31 Å². The van der Waals surface area contributed by atoms with Crippen LogP contribution in [0.4, 0.5) is 0 Å². The van der Waals surface area contributed by atoms with Gasteiger partial charge in [0.1, 0.15) is 0 Å². The Bertz CT molecular complexity index is 1850. The summed E-state index contributed by atoms with van der Waals surface area (Å²) < 4.78 is 12.5. The van der Waals surface area contributed by atoms with E-state index < -0.39 is 0 Å². The van der Waals surface area contributed by atoms with E-state index >= 15 is 0 Å². The summed E-state index contributed by atoms with van der Waals surface area (Å²) in [5, 5.41) is 2.21. The molecule has 2 heterocycles. The highest BCUT2D eigenvalue weighted by molar-refractivity contribution is 6.62. The van der Waals surface area contributed by atoms with E-state index in [1.54, 1.807) is 0 Å². The Morgan fingerprint density at radius 1 is 0.442 bits per heavy atom. The fourth-order valence-electron chi connectivity index (χ4n) is 5.47. The Balaban J connectivity index is 1.31. The van der Waals surface area contributed by atoms with Crippen LogP contribution in [0.25, 0.3) is 56.1 Å². The lowest BCUT2D eigenvalue weighted by Crippen LogP contribution is -2.41. The molecule has 1 aliphatic heterocycles. The molecule has 6 aromatic rings. The van der Waals surface area contributed by atoms with Gasteiger partial charge in [-0.05, 0) is 61.1 Å². The van der Waals surface area contributed by atoms with E-state index in [4.69, 9.17) is 24.3 Å². The highest BCUT2D eigenvalue weighted by Crippen LogP contribution is 2.38. The van der Waals surface area contributed by atoms with Crippen molar-refractivity contribution >= 4 is 23.4 Å². The van der Waals surface area contributed by atoms with E-state index in [0.717, 1.165) is 44.1 Å². The summed E-state index contributed by atoms with van der Waals surface area (Å²) in [5.74, 6) is 1.94. The van der Waals surface area contributed by atoms with Crippen molar-refractivity contribution in [2.24, 2.45) is 0 Å². The second-order valence-electron chi connectivity index (χ2n) is 12.0. The molecular weight excluding hydrogens is 529 g/mol. The lowest BCUT2D eigenvalue weighted by molar-refractivity contribution is 0.00578. The molecule has 0 N–H and O–H groups in total. The van der Waals surface area contributed by atoms with Gasteiger partial charge in [0.25, 0.3) is 0 Å². The Morgan fingerprint density at radius 2 is 0.884 bits per heavy atom. The Kier molecular flexibility index (Phi) is 6.68. The predicted octanol–water partition coefficient (Wildman–Crippen LogP) is 7.99. The van der Waals surface area contributed by atoms with E-state index in [0.29, 0.717) is 17.5 Å². The second-order valence-corrected chi connectivity index (χ2v) is 12.0. The van der Waals surface area contributed by atoms with Gasteiger partial charge in [0.2, 0.25) is 0 Å². The van der Waals surface area contributed by atoms with Crippen LogP contribution in [-0.2, 0) is 9.31 Å². The molecule has 6 heteroatoms. The smallest absolute Gasteiger partial charge is 0.399 e. The molecule has 210 valence electrons. The number of rotatable bonds is 5. The molecule has 0 aliphatic carbocycles. The van der Waals surface area contributed by atoms with Gasteiger partial charge in [0.05, 0.1) is 11.2 Å². The van der Waals surface area contributed by atoms with Crippen LogP contribution in [-0.4, -0.2) is 33.3 Å². The van der Waals surface area contributed by atoms with Gasteiger partial charge in [-0.3, -0.25) is 0 Å². The van der Waals surface area contributed by atoms with Gasteiger partial charge in [0, 0.05) is 16.7 Å². The molecular formula is C37H32BN3O2. The summed E-state index contributed by atoms with van der Waals surface area (Å²) in [6, 6.07) is 41.3. The van der Waals surface area contributed by atoms with Crippen LogP contribution in [0, 0.1) is 0 Å². The molecule has 1 saturated heterocycles. The van der Waals surface area contributed by atoms with E-state index in [2.05, 4.69) is 88.4 Å². The van der Waals surface area contributed by atoms with Crippen molar-refractivity contribution in [3.05, 3.63) is 121 Å². The maximum Gasteiger partial charge on any atom is 0.494 e. The second kappa shape index (κ2) is 10.6. The van der Waals surface area contributed by atoms with E-state index in [1.165, 1.54) is 0 Å². The average Bonchev–Trinajstić information content (AvgIpc) is 3.27. The molecule has 43 heavy (non-hydrogen) atoms. The zero-order valence-corrected chi connectivity index (χ0v) is 24.8. The van der Waals surface area contributed by atoms with Gasteiger partial charge in [0.15, 0.2) is 17.5 Å². The zero-order chi connectivity index (χ0) is 29.6. The third kappa shape index (κ3) is 5.03. The number of hydrogen-bond acceptors (Lipinski definition) is 5. The summed E-state index contributed by atoms with van der Waals surface area (Å²) in [4.78, 5) is 14.8. The molecule has 5 nitrogen and oxygen atoms in total. The van der Waals surface area contributed by atoms with Crippen molar-refractivity contribution in [1.29, 1.82) is 0 Å². The van der Waals surface area contributed by atoms with Crippen LogP contribution in [0.2, 0.25) is 0 Å². The first kappa shape index (κ1) is 27.2. The van der Waals surface area contributed by atoms with E-state index in [-0.39, 0.29) is 18.3 Å². The number of benzene rings is 5. The van der Waals surface area contributed by atoms with Crippen molar-refractivity contribution in [2.45, 2.75) is 38.9 Å². The molecule has 0 saturated carbocycles. The third-order valence-electron chi connectivity index (χ3n) is 8.61. The molecule has 0 amide bonds. The minimum Gasteiger partial charge on any atom is -0.399 e.